The fraction of sp³-hybridized carbons (Fsp3) is 0.400. The molecular weight excluding hydrogens is 1050 g/mol. The number of amides is 2. The maximum atomic E-state index is 12.7. The van der Waals surface area contributed by atoms with Gasteiger partial charge in [-0.25, -0.2) is 9.59 Å². The Labute approximate surface area is 428 Å². The Kier molecular flexibility index (Phi) is 30.9. The Balaban J connectivity index is 0.00000101. The molecule has 26 heteroatoms. The fourth-order valence-corrected chi connectivity index (χ4v) is 6.70. The molecule has 4 N–H and O–H groups in total. The molecule has 71 heavy (non-hydrogen) atoms. The fourth-order valence-electron chi connectivity index (χ4n) is 5.31. The average molecular weight is 1110 g/mol. The van der Waals surface area contributed by atoms with E-state index in [2.05, 4.69) is 24.8 Å². The van der Waals surface area contributed by atoms with Crippen LogP contribution in [0.25, 0.3) is 0 Å². The molecule has 0 saturated heterocycles. The number of nitrogens with two attached hydrogens (primary N) is 1. The van der Waals surface area contributed by atoms with Crippen LogP contribution in [0.15, 0.2) is 79.9 Å². The number of nitro benzene ring substituents is 1. The summed E-state index contributed by atoms with van der Waals surface area (Å²) in [7, 11) is -3.10. The average Bonchev–Trinajstić information content (AvgIpc) is 3.30. The summed E-state index contributed by atoms with van der Waals surface area (Å²) < 4.78 is 68.8. The van der Waals surface area contributed by atoms with Gasteiger partial charge in [0.05, 0.1) is 27.8 Å². The molecule has 2 atom stereocenters. The van der Waals surface area contributed by atoms with E-state index in [1.165, 1.54) is 18.5 Å². The lowest BCUT2D eigenvalue weighted by atomic mass is 10.0. The highest BCUT2D eigenvalue weighted by atomic mass is 35.5. The molecular formula is C45H56Cl4F3N4O14P. The van der Waals surface area contributed by atoms with Crippen molar-refractivity contribution in [3.05, 3.63) is 117 Å². The molecule has 0 aliphatic carbocycles. The van der Waals surface area contributed by atoms with Crippen LogP contribution in [0, 0.1) is 17.0 Å². The highest BCUT2D eigenvalue weighted by molar-refractivity contribution is 7.57. The van der Waals surface area contributed by atoms with Crippen LogP contribution in [0.1, 0.15) is 54.2 Å². The number of hydrogen-bond acceptors (Lipinski definition) is 13. The number of esters is 2. The number of nitro groups is 1. The van der Waals surface area contributed by atoms with Gasteiger partial charge in [-0.1, -0.05) is 72.1 Å². The Morgan fingerprint density at radius 3 is 2.07 bits per heavy atom. The highest BCUT2D eigenvalue weighted by Gasteiger charge is 2.31. The lowest BCUT2D eigenvalue weighted by Gasteiger charge is -2.25. The second-order valence-corrected chi connectivity index (χ2v) is 18.5. The molecule has 0 spiro atoms. The van der Waals surface area contributed by atoms with E-state index >= 15 is 0 Å². The summed E-state index contributed by atoms with van der Waals surface area (Å²) in [4.78, 5) is 77.9. The Hall–Kier alpha value is -5.25. The minimum Gasteiger partial charge on any atom is -0.480 e. The minimum absolute atomic E-state index is 0.0371. The summed E-state index contributed by atoms with van der Waals surface area (Å²) in [6.07, 6.45) is -0.518. The molecule has 3 aromatic carbocycles. The van der Waals surface area contributed by atoms with Crippen molar-refractivity contribution in [3.63, 3.8) is 0 Å². The van der Waals surface area contributed by atoms with Gasteiger partial charge in [0, 0.05) is 44.7 Å². The largest absolute Gasteiger partial charge is 0.480 e. The molecule has 2 amide bonds. The smallest absolute Gasteiger partial charge is 0.416 e. The van der Waals surface area contributed by atoms with E-state index in [1.807, 2.05) is 32.0 Å². The number of benzene rings is 3. The number of carbonyl (C=O) groups is 5. The predicted molar refractivity (Wildman–Crippen MR) is 265 cm³/mol. The van der Waals surface area contributed by atoms with Crippen molar-refractivity contribution in [2.75, 3.05) is 63.2 Å². The van der Waals surface area contributed by atoms with Crippen LogP contribution in [0.3, 0.4) is 0 Å². The Morgan fingerprint density at radius 2 is 1.61 bits per heavy atom. The van der Waals surface area contributed by atoms with Gasteiger partial charge in [-0.2, -0.15) is 13.2 Å². The van der Waals surface area contributed by atoms with Crippen LogP contribution in [0.2, 0.25) is 5.02 Å². The molecule has 394 valence electrons. The Bertz CT molecular complexity index is 2310. The third kappa shape index (κ3) is 25.1. The first kappa shape index (κ1) is 65.8. The van der Waals surface area contributed by atoms with Gasteiger partial charge in [-0.05, 0) is 69.0 Å². The quantitative estimate of drug-likeness (QED) is 0.0161. The van der Waals surface area contributed by atoms with Crippen LogP contribution in [0.4, 0.5) is 24.5 Å². The van der Waals surface area contributed by atoms with Crippen LogP contribution in [-0.2, 0) is 50.6 Å². The topological polar surface area (TPSA) is 255 Å². The molecule has 3 aromatic rings. The molecule has 0 aliphatic rings. The summed E-state index contributed by atoms with van der Waals surface area (Å²) in [6.45, 7) is 16.7. The molecule has 0 heterocycles. The van der Waals surface area contributed by atoms with E-state index in [0.29, 0.717) is 25.8 Å². The normalized spacial score (nSPS) is 11.8. The first-order valence-electron chi connectivity index (χ1n) is 20.9. The highest BCUT2D eigenvalue weighted by Crippen LogP contribution is 2.38. The van der Waals surface area contributed by atoms with Crippen molar-refractivity contribution in [3.8, 4) is 11.5 Å². The molecule has 0 radical (unpaired) electrons. The predicted octanol–water partition coefficient (Wildman–Crippen LogP) is 9.58. The molecule has 3 rings (SSSR count). The van der Waals surface area contributed by atoms with Crippen molar-refractivity contribution in [1.29, 1.82) is 0 Å². The van der Waals surface area contributed by atoms with Gasteiger partial charge < -0.3 is 39.6 Å². The van der Waals surface area contributed by atoms with Crippen LogP contribution >= 0.6 is 53.8 Å². The number of anilines is 1. The first-order valence-corrected chi connectivity index (χ1v) is 25.0. The van der Waals surface area contributed by atoms with Crippen molar-refractivity contribution >= 4 is 94.9 Å². The number of aryl methyl sites for hydroxylation is 2. The van der Waals surface area contributed by atoms with Gasteiger partial charge in [-0.3, -0.25) is 34.0 Å². The standard InChI is InChI=1S/C18H13ClF3NO7.C14H20ClNO2.C8H11Cl2NO.C5H12NO4P/c1-2-28-16(24)9-29-17(25)12-8-11(4-5-14(12)23(26)27)30-15-6-3-10(7-13(15)19)18(20,21)22;1-4-12-8-6-7-11(3)14(12)16(10-18-5-2)13(17)9-15;1-3-5-11(6-4-2)8(12)7(9)10;1-11(9,10)3-2-4(6)5(7)8/h3-8H,2,9H2,1H3;6-8H,4-5,9-10H2,1-3H3;3-4,7H,1-2,5-6H2;4H,2-3,6H2,1H3,(H,7,8)(H,9,10). The zero-order valence-corrected chi connectivity index (χ0v) is 43.2. The number of alkyl halides is 6. The number of carboxylic acids is 1. The van der Waals surface area contributed by atoms with Gasteiger partial charge >= 0.3 is 24.1 Å². The first-order chi connectivity index (χ1) is 33.1. The molecule has 0 aromatic heterocycles. The molecule has 0 fully saturated rings. The summed E-state index contributed by atoms with van der Waals surface area (Å²) in [5.74, 6) is -3.98. The van der Waals surface area contributed by atoms with Gasteiger partial charge in [-0.15, -0.1) is 24.8 Å². The van der Waals surface area contributed by atoms with Crippen LogP contribution < -0.4 is 15.4 Å². The zero-order valence-electron chi connectivity index (χ0n) is 39.3. The number of carboxylic acid groups (broad SMARTS) is 1. The maximum Gasteiger partial charge on any atom is 0.416 e. The van der Waals surface area contributed by atoms with Gasteiger partial charge in [0.25, 0.3) is 11.6 Å². The van der Waals surface area contributed by atoms with Crippen LogP contribution in [-0.4, -0.2) is 119 Å². The third-order valence-electron chi connectivity index (χ3n) is 8.68. The van der Waals surface area contributed by atoms with Crippen molar-refractivity contribution in [1.82, 2.24) is 4.90 Å². The molecule has 0 aliphatic heterocycles. The maximum absolute atomic E-state index is 12.7. The second-order valence-electron chi connectivity index (χ2n) is 14.2. The number of carbonyl (C=O) groups excluding carboxylic acids is 4. The van der Waals surface area contributed by atoms with E-state index in [-0.39, 0.29) is 60.1 Å². The summed E-state index contributed by atoms with van der Waals surface area (Å²) in [5, 5.41) is 19.1. The lowest BCUT2D eigenvalue weighted by molar-refractivity contribution is -0.385. The Morgan fingerprint density at radius 1 is 0.986 bits per heavy atom. The van der Waals surface area contributed by atoms with Gasteiger partial charge in [0.15, 0.2) is 18.8 Å². The van der Waals surface area contributed by atoms with E-state index in [9.17, 15) is 51.8 Å². The van der Waals surface area contributed by atoms with E-state index in [4.69, 9.17) is 76.3 Å². The number of aliphatic carboxylic acids is 1. The molecule has 0 bridgehead atoms. The third-order valence-corrected chi connectivity index (χ3v) is 10.7. The monoisotopic (exact) mass is 1100 g/mol. The molecule has 18 nitrogen and oxygen atoms in total. The minimum atomic E-state index is -4.61. The summed E-state index contributed by atoms with van der Waals surface area (Å²) in [5.41, 5.74) is 6.06. The van der Waals surface area contributed by atoms with E-state index < -0.39 is 70.7 Å². The summed E-state index contributed by atoms with van der Waals surface area (Å²) in [6, 6.07) is 10.3. The van der Waals surface area contributed by atoms with Crippen LogP contribution in [0.5, 0.6) is 11.5 Å². The van der Waals surface area contributed by atoms with Crippen molar-refractivity contribution < 1.29 is 75.6 Å². The lowest BCUT2D eigenvalue weighted by Crippen LogP contribution is -2.35. The van der Waals surface area contributed by atoms with E-state index in [1.54, 1.807) is 17.1 Å². The van der Waals surface area contributed by atoms with Gasteiger partial charge in [0.1, 0.15) is 35.7 Å². The van der Waals surface area contributed by atoms with Crippen molar-refractivity contribution in [2.45, 2.75) is 57.6 Å². The number of hydrogen-bond donors (Lipinski definition) is 3. The number of rotatable bonds is 22. The summed E-state index contributed by atoms with van der Waals surface area (Å²) >= 11 is 22.3. The van der Waals surface area contributed by atoms with Gasteiger partial charge in [0.2, 0.25) is 5.91 Å². The zero-order chi connectivity index (χ0) is 54.6. The van der Waals surface area contributed by atoms with E-state index in [0.717, 1.165) is 53.6 Å². The number of halogens is 7. The number of ether oxygens (including phenoxy) is 4. The number of nitrogens with zero attached hydrogens (tertiary/aromatic N) is 3. The van der Waals surface area contributed by atoms with Crippen molar-refractivity contribution in [2.24, 2.45) is 5.73 Å². The number of para-hydroxylation sites is 1. The SMILES string of the molecule is C=CCN(CC=C)C(=O)C(Cl)Cl.CCOC(=O)COC(=O)c1cc(Oc2ccc(C(F)(F)F)cc2Cl)ccc1[N+](=O)[O-].CCOCN(C(=O)CCl)c1c(C)cccc1CC.CP(=O)(O)CCC(N)C(=O)O. The second kappa shape index (κ2) is 33.4. The molecule has 0 saturated carbocycles. The molecule has 2 unspecified atom stereocenters.